The number of pyridine rings is 1. The summed E-state index contributed by atoms with van der Waals surface area (Å²) in [6.45, 7) is 0.667. The molecule has 0 bridgehead atoms. The van der Waals surface area contributed by atoms with E-state index in [4.69, 9.17) is 5.73 Å². The maximum Gasteiger partial charge on any atom is 0.433 e. The summed E-state index contributed by atoms with van der Waals surface area (Å²) >= 11 is 0. The van der Waals surface area contributed by atoms with E-state index >= 15 is 0 Å². The molecule has 1 fully saturated rings. The maximum atomic E-state index is 13.6. The van der Waals surface area contributed by atoms with E-state index in [-0.39, 0.29) is 29.8 Å². The van der Waals surface area contributed by atoms with Gasteiger partial charge in [0.05, 0.1) is 6.54 Å². The Morgan fingerprint density at radius 1 is 1.21 bits per heavy atom. The minimum atomic E-state index is -4.58. The van der Waals surface area contributed by atoms with Gasteiger partial charge in [-0.15, -0.1) is 0 Å². The highest BCUT2D eigenvalue weighted by Crippen LogP contribution is 2.30. The lowest BCUT2D eigenvalue weighted by Crippen LogP contribution is -2.37. The van der Waals surface area contributed by atoms with Crippen molar-refractivity contribution in [2.45, 2.75) is 25.2 Å². The molecule has 0 saturated carbocycles. The minimum absolute atomic E-state index is 0.00798. The van der Waals surface area contributed by atoms with Gasteiger partial charge < -0.3 is 10.6 Å². The Morgan fingerprint density at radius 2 is 2.00 bits per heavy atom. The number of nitrogens with two attached hydrogens (primary N) is 1. The molecule has 3 heterocycles. The molecule has 1 unspecified atom stereocenters. The van der Waals surface area contributed by atoms with Crippen LogP contribution in [0, 0.1) is 0 Å². The maximum absolute atomic E-state index is 13.6. The monoisotopic (exact) mass is 342 g/mol. The Labute approximate surface area is 134 Å². The molecule has 0 aliphatic carbocycles. The Morgan fingerprint density at radius 3 is 2.71 bits per heavy atom. The normalized spacial score (nSPS) is 18.7. The van der Waals surface area contributed by atoms with E-state index in [0.717, 1.165) is 12.3 Å². The van der Waals surface area contributed by atoms with Crippen LogP contribution in [0.15, 0.2) is 18.3 Å². The van der Waals surface area contributed by atoms with E-state index < -0.39 is 18.0 Å². The van der Waals surface area contributed by atoms with Crippen LogP contribution in [-0.4, -0.2) is 39.2 Å². The van der Waals surface area contributed by atoms with Gasteiger partial charge >= 0.3 is 6.18 Å². The summed E-state index contributed by atoms with van der Waals surface area (Å²) in [4.78, 5) is 16.9. The lowest BCUT2D eigenvalue weighted by Gasteiger charge is -2.29. The van der Waals surface area contributed by atoms with Crippen LogP contribution in [0.25, 0.3) is 11.4 Å². The smallest absolute Gasteiger partial charge is 0.368 e. The highest BCUT2D eigenvalue weighted by Gasteiger charge is 2.33. The number of hydrogen-bond donors (Lipinski definition) is 1. The molecule has 0 amide bonds. The van der Waals surface area contributed by atoms with Gasteiger partial charge in [-0.25, -0.2) is 4.39 Å². The number of halogens is 4. The van der Waals surface area contributed by atoms with E-state index in [9.17, 15) is 17.6 Å². The molecule has 0 spiro atoms. The Kier molecular flexibility index (Phi) is 4.20. The summed E-state index contributed by atoms with van der Waals surface area (Å²) in [6, 6.07) is 2.19. The predicted octanol–water partition coefficient (Wildman–Crippen LogP) is 2.47. The topological polar surface area (TPSA) is 80.8 Å². The van der Waals surface area contributed by atoms with Crippen molar-refractivity contribution < 1.29 is 17.6 Å². The van der Waals surface area contributed by atoms with E-state index in [0.29, 0.717) is 19.4 Å². The molecule has 2 N–H and O–H groups in total. The standard InChI is InChI=1S/C14H14F4N6/c15-9-2-1-5-24(7-9)13-22-11(21-12(19)23-13)8-3-4-20-10(6-8)14(16,17)18/h3-4,6,9H,1-2,5,7H2,(H2,19,21,22,23). The van der Waals surface area contributed by atoms with Crippen LogP contribution in [0.1, 0.15) is 18.5 Å². The number of aromatic nitrogens is 4. The largest absolute Gasteiger partial charge is 0.433 e. The van der Waals surface area contributed by atoms with Crippen molar-refractivity contribution in [3.05, 3.63) is 24.0 Å². The summed E-state index contributed by atoms with van der Waals surface area (Å²) in [6.07, 6.45) is -3.46. The van der Waals surface area contributed by atoms with Gasteiger partial charge in [0.2, 0.25) is 11.9 Å². The van der Waals surface area contributed by atoms with Gasteiger partial charge in [0, 0.05) is 18.3 Å². The van der Waals surface area contributed by atoms with Gasteiger partial charge in [-0.1, -0.05) is 0 Å². The van der Waals surface area contributed by atoms with Crippen LogP contribution in [0.4, 0.5) is 29.5 Å². The van der Waals surface area contributed by atoms with Gasteiger partial charge in [-0.05, 0) is 25.0 Å². The molecule has 0 aromatic carbocycles. The zero-order valence-corrected chi connectivity index (χ0v) is 12.5. The van der Waals surface area contributed by atoms with Crippen LogP contribution in [0.2, 0.25) is 0 Å². The molecule has 3 rings (SSSR count). The molecular weight excluding hydrogens is 328 g/mol. The van der Waals surface area contributed by atoms with Crippen LogP contribution >= 0.6 is 0 Å². The predicted molar refractivity (Wildman–Crippen MR) is 78.8 cm³/mol. The molecule has 24 heavy (non-hydrogen) atoms. The lowest BCUT2D eigenvalue weighted by atomic mass is 10.1. The third-order valence-corrected chi connectivity index (χ3v) is 3.60. The van der Waals surface area contributed by atoms with Gasteiger partial charge in [0.25, 0.3) is 0 Å². The van der Waals surface area contributed by atoms with E-state index in [1.165, 1.54) is 6.07 Å². The molecule has 2 aromatic heterocycles. The number of rotatable bonds is 2. The molecule has 10 heteroatoms. The molecule has 1 aliphatic rings. The average Bonchev–Trinajstić information content (AvgIpc) is 2.54. The summed E-state index contributed by atoms with van der Waals surface area (Å²) in [5.74, 6) is 0.0120. The van der Waals surface area contributed by atoms with Crippen molar-refractivity contribution in [2.75, 3.05) is 23.7 Å². The van der Waals surface area contributed by atoms with Gasteiger partial charge in [0.15, 0.2) is 5.82 Å². The molecule has 2 aromatic rings. The van der Waals surface area contributed by atoms with E-state index in [1.54, 1.807) is 4.90 Å². The molecule has 1 aliphatic heterocycles. The SMILES string of the molecule is Nc1nc(-c2ccnc(C(F)(F)F)c2)nc(N2CCCC(F)C2)n1. The Balaban J connectivity index is 1.97. The number of piperidine rings is 1. The minimum Gasteiger partial charge on any atom is -0.368 e. The van der Waals surface area contributed by atoms with Crippen LogP contribution in [0.3, 0.4) is 0 Å². The number of anilines is 2. The fraction of sp³-hybridized carbons (Fsp3) is 0.429. The zero-order chi connectivity index (χ0) is 17.3. The van der Waals surface area contributed by atoms with E-state index in [2.05, 4.69) is 19.9 Å². The number of nitrogens with zero attached hydrogens (tertiary/aromatic N) is 5. The highest BCUT2D eigenvalue weighted by atomic mass is 19.4. The van der Waals surface area contributed by atoms with Crippen LogP contribution in [-0.2, 0) is 6.18 Å². The van der Waals surface area contributed by atoms with Crippen molar-refractivity contribution in [1.29, 1.82) is 0 Å². The lowest BCUT2D eigenvalue weighted by molar-refractivity contribution is -0.141. The first-order valence-electron chi connectivity index (χ1n) is 7.27. The quantitative estimate of drug-likeness (QED) is 0.845. The zero-order valence-electron chi connectivity index (χ0n) is 12.5. The molecular formula is C14H14F4N6. The average molecular weight is 342 g/mol. The van der Waals surface area contributed by atoms with Gasteiger partial charge in [0.1, 0.15) is 11.9 Å². The summed E-state index contributed by atoms with van der Waals surface area (Å²) < 4.78 is 51.9. The van der Waals surface area contributed by atoms with Crippen LogP contribution < -0.4 is 10.6 Å². The van der Waals surface area contributed by atoms with Crippen molar-refractivity contribution in [1.82, 2.24) is 19.9 Å². The summed E-state index contributed by atoms with van der Waals surface area (Å²) in [7, 11) is 0. The van der Waals surface area contributed by atoms with Crippen molar-refractivity contribution in [2.24, 2.45) is 0 Å². The summed E-state index contributed by atoms with van der Waals surface area (Å²) in [5, 5.41) is 0. The molecule has 1 atom stereocenters. The molecule has 0 radical (unpaired) electrons. The van der Waals surface area contributed by atoms with Crippen LogP contribution in [0.5, 0.6) is 0 Å². The highest BCUT2D eigenvalue weighted by molar-refractivity contribution is 5.58. The second-order valence-corrected chi connectivity index (χ2v) is 5.43. The third-order valence-electron chi connectivity index (χ3n) is 3.60. The van der Waals surface area contributed by atoms with Gasteiger partial charge in [-0.3, -0.25) is 4.98 Å². The second kappa shape index (κ2) is 6.17. The number of alkyl halides is 4. The number of nitrogen functional groups attached to an aromatic ring is 1. The first-order chi connectivity index (χ1) is 11.3. The fourth-order valence-corrected chi connectivity index (χ4v) is 2.48. The number of hydrogen-bond acceptors (Lipinski definition) is 6. The first-order valence-corrected chi connectivity index (χ1v) is 7.27. The second-order valence-electron chi connectivity index (χ2n) is 5.43. The first kappa shape index (κ1) is 16.3. The fourth-order valence-electron chi connectivity index (χ4n) is 2.48. The Bertz CT molecular complexity index is 735. The third kappa shape index (κ3) is 3.52. The molecule has 128 valence electrons. The summed E-state index contributed by atoms with van der Waals surface area (Å²) in [5.41, 5.74) is 4.70. The Hall–Kier alpha value is -2.52. The molecule has 1 saturated heterocycles. The van der Waals surface area contributed by atoms with Crippen molar-refractivity contribution in [3.63, 3.8) is 0 Å². The van der Waals surface area contributed by atoms with Crippen molar-refractivity contribution in [3.8, 4) is 11.4 Å². The molecule has 6 nitrogen and oxygen atoms in total. The van der Waals surface area contributed by atoms with Crippen molar-refractivity contribution >= 4 is 11.9 Å². The van der Waals surface area contributed by atoms with E-state index in [1.807, 2.05) is 0 Å². The van der Waals surface area contributed by atoms with Gasteiger partial charge in [-0.2, -0.15) is 28.1 Å².